The predicted octanol–water partition coefficient (Wildman–Crippen LogP) is 1.82. The number of fused-ring (bicyclic) bond motifs is 1. The Balaban J connectivity index is 1.87. The van der Waals surface area contributed by atoms with Crippen molar-refractivity contribution in [2.24, 2.45) is 10.4 Å². The first-order valence-corrected chi connectivity index (χ1v) is 7.90. The third kappa shape index (κ3) is 2.61. The highest BCUT2D eigenvalue weighted by Crippen LogP contribution is 2.44. The molecule has 7 nitrogen and oxygen atoms in total. The molecule has 0 aliphatic carbocycles. The summed E-state index contributed by atoms with van der Waals surface area (Å²) < 4.78 is 16.2. The Bertz CT molecular complexity index is 486. The molecule has 3 aliphatic heterocycles. The Morgan fingerprint density at radius 3 is 2.77 bits per heavy atom. The predicted molar refractivity (Wildman–Crippen MR) is 77.6 cm³/mol. The molecule has 0 saturated carbocycles. The molecule has 7 heteroatoms. The van der Waals surface area contributed by atoms with Crippen LogP contribution >= 0.6 is 0 Å². The van der Waals surface area contributed by atoms with Crippen LogP contribution in [0.1, 0.15) is 47.0 Å². The molecule has 22 heavy (non-hydrogen) atoms. The van der Waals surface area contributed by atoms with Crippen LogP contribution < -0.4 is 0 Å². The van der Waals surface area contributed by atoms with Crippen molar-refractivity contribution in [2.75, 3.05) is 13.2 Å². The number of ether oxygens (including phenoxy) is 3. The highest BCUT2D eigenvalue weighted by Gasteiger charge is 2.57. The Kier molecular flexibility index (Phi) is 3.91. The van der Waals surface area contributed by atoms with Gasteiger partial charge in [0.25, 0.3) is 0 Å². The molecular formula is C15H24N2O5. The van der Waals surface area contributed by atoms with E-state index >= 15 is 0 Å². The third-order valence-corrected chi connectivity index (χ3v) is 4.27. The molecule has 0 radical (unpaired) electrons. The highest BCUT2D eigenvalue weighted by atomic mass is 16.9. The van der Waals surface area contributed by atoms with Crippen molar-refractivity contribution >= 4 is 11.8 Å². The largest absolute Gasteiger partial charge is 0.466 e. The van der Waals surface area contributed by atoms with Gasteiger partial charge < -0.3 is 14.2 Å². The lowest BCUT2D eigenvalue weighted by Crippen LogP contribution is -2.56. The average Bonchev–Trinajstić information content (AvgIpc) is 2.76. The Morgan fingerprint density at radius 2 is 2.18 bits per heavy atom. The summed E-state index contributed by atoms with van der Waals surface area (Å²) in [5.74, 6) is 0.492. The number of aliphatic imine (C=N–C) groups is 1. The molecule has 0 amide bonds. The van der Waals surface area contributed by atoms with Gasteiger partial charge in [-0.25, -0.2) is 14.9 Å². The smallest absolute Gasteiger partial charge is 0.311 e. The van der Waals surface area contributed by atoms with E-state index in [0.717, 1.165) is 25.2 Å². The summed E-state index contributed by atoms with van der Waals surface area (Å²) in [5, 5.41) is 1.79. The van der Waals surface area contributed by atoms with Crippen molar-refractivity contribution < 1.29 is 23.8 Å². The molecule has 0 aromatic rings. The van der Waals surface area contributed by atoms with Gasteiger partial charge in [0.05, 0.1) is 6.61 Å². The number of nitrogens with zero attached hydrogens (tertiary/aromatic N) is 2. The van der Waals surface area contributed by atoms with E-state index in [4.69, 9.17) is 24.0 Å². The molecule has 0 bridgehead atoms. The van der Waals surface area contributed by atoms with Crippen molar-refractivity contribution in [1.82, 2.24) is 5.06 Å². The Morgan fingerprint density at radius 1 is 1.45 bits per heavy atom. The summed E-state index contributed by atoms with van der Waals surface area (Å²) in [6.07, 6.45) is 1.04. The second-order valence-corrected chi connectivity index (χ2v) is 6.61. The zero-order chi connectivity index (χ0) is 16.0. The lowest BCUT2D eigenvalue weighted by Gasteiger charge is -2.42. The van der Waals surface area contributed by atoms with E-state index in [2.05, 4.69) is 13.8 Å². The Hall–Kier alpha value is -1.18. The number of hydrogen-bond donors (Lipinski definition) is 0. The minimum atomic E-state index is -1.17. The van der Waals surface area contributed by atoms with E-state index in [1.165, 1.54) is 0 Å². The van der Waals surface area contributed by atoms with E-state index in [9.17, 15) is 4.79 Å². The number of carbonyl (C=O) groups excluding carboxylic acids is 1. The highest BCUT2D eigenvalue weighted by molar-refractivity contribution is 5.89. The SMILES string of the molecule is CCOC(=O)CC1(C2OC(C)O2)N=C2N(CCCC2(C)C)O1. The zero-order valence-corrected chi connectivity index (χ0v) is 13.6. The molecule has 2 fully saturated rings. The fourth-order valence-electron chi connectivity index (χ4n) is 3.15. The van der Waals surface area contributed by atoms with Gasteiger partial charge >= 0.3 is 5.97 Å². The first kappa shape index (κ1) is 15.7. The number of carbonyl (C=O) groups is 1. The molecule has 1 atom stereocenters. The fraction of sp³-hybridized carbons (Fsp3) is 0.867. The van der Waals surface area contributed by atoms with Gasteiger partial charge in [-0.15, -0.1) is 0 Å². The van der Waals surface area contributed by atoms with Crippen LogP contribution in [0.2, 0.25) is 0 Å². The van der Waals surface area contributed by atoms with Gasteiger partial charge in [-0.3, -0.25) is 4.79 Å². The van der Waals surface area contributed by atoms with Gasteiger partial charge in [-0.2, -0.15) is 0 Å². The summed E-state index contributed by atoms with van der Waals surface area (Å²) in [5.41, 5.74) is -1.26. The minimum absolute atomic E-state index is 0.0195. The number of esters is 1. The lowest BCUT2D eigenvalue weighted by atomic mass is 9.83. The third-order valence-electron chi connectivity index (χ3n) is 4.27. The van der Waals surface area contributed by atoms with Crippen LogP contribution in [0.4, 0.5) is 0 Å². The molecule has 0 aromatic carbocycles. The minimum Gasteiger partial charge on any atom is -0.466 e. The molecule has 3 aliphatic rings. The molecule has 0 spiro atoms. The quantitative estimate of drug-likeness (QED) is 0.738. The molecule has 0 N–H and O–H groups in total. The maximum atomic E-state index is 12.0. The second kappa shape index (κ2) is 5.47. The van der Waals surface area contributed by atoms with Crippen LogP contribution in [0.15, 0.2) is 4.99 Å². The summed E-state index contributed by atoms with van der Waals surface area (Å²) in [6, 6.07) is 0. The van der Waals surface area contributed by atoms with E-state index in [-0.39, 0.29) is 24.1 Å². The van der Waals surface area contributed by atoms with Gasteiger partial charge in [0.2, 0.25) is 12.0 Å². The van der Waals surface area contributed by atoms with Crippen molar-refractivity contribution in [3.63, 3.8) is 0 Å². The fourth-order valence-corrected chi connectivity index (χ4v) is 3.15. The maximum Gasteiger partial charge on any atom is 0.311 e. The topological polar surface area (TPSA) is 69.6 Å². The number of piperidine rings is 1. The number of hydrogen-bond acceptors (Lipinski definition) is 7. The molecule has 3 heterocycles. The average molecular weight is 312 g/mol. The molecule has 3 rings (SSSR count). The standard InChI is InChI=1S/C15H24N2O5/c1-5-19-11(18)9-15(13-20-10(2)21-13)16-12-14(3,4)7-6-8-17(12)22-15/h10,13H,5-9H2,1-4H3. The van der Waals surface area contributed by atoms with Gasteiger partial charge in [-0.1, -0.05) is 13.8 Å². The number of hydroxylamine groups is 2. The number of rotatable bonds is 4. The van der Waals surface area contributed by atoms with E-state index in [1.807, 2.05) is 0 Å². The van der Waals surface area contributed by atoms with Crippen LogP contribution in [0.5, 0.6) is 0 Å². The van der Waals surface area contributed by atoms with Crippen LogP contribution in [0.25, 0.3) is 0 Å². The molecule has 2 saturated heterocycles. The summed E-state index contributed by atoms with van der Waals surface area (Å²) in [6.45, 7) is 8.92. The summed E-state index contributed by atoms with van der Waals surface area (Å²) in [4.78, 5) is 22.8. The first-order valence-electron chi connectivity index (χ1n) is 7.90. The van der Waals surface area contributed by atoms with Crippen LogP contribution in [-0.2, 0) is 23.8 Å². The summed E-state index contributed by atoms with van der Waals surface area (Å²) in [7, 11) is 0. The normalized spacial score (nSPS) is 36.4. The van der Waals surface area contributed by atoms with E-state index < -0.39 is 12.0 Å². The summed E-state index contributed by atoms with van der Waals surface area (Å²) >= 11 is 0. The van der Waals surface area contributed by atoms with Crippen LogP contribution in [-0.4, -0.2) is 48.3 Å². The van der Waals surface area contributed by atoms with E-state index in [1.54, 1.807) is 18.9 Å². The second-order valence-electron chi connectivity index (χ2n) is 6.61. The van der Waals surface area contributed by atoms with Crippen molar-refractivity contribution in [3.8, 4) is 0 Å². The monoisotopic (exact) mass is 312 g/mol. The Labute approximate surface area is 130 Å². The van der Waals surface area contributed by atoms with Crippen LogP contribution in [0.3, 0.4) is 0 Å². The first-order chi connectivity index (χ1) is 10.4. The van der Waals surface area contributed by atoms with Gasteiger partial charge in [0.15, 0.2) is 6.29 Å². The van der Waals surface area contributed by atoms with Gasteiger partial charge in [0, 0.05) is 12.0 Å². The van der Waals surface area contributed by atoms with Gasteiger partial charge in [0.1, 0.15) is 12.3 Å². The van der Waals surface area contributed by atoms with Crippen LogP contribution in [0, 0.1) is 5.41 Å². The van der Waals surface area contributed by atoms with Crippen molar-refractivity contribution in [1.29, 1.82) is 0 Å². The lowest BCUT2D eigenvalue weighted by molar-refractivity contribution is -0.434. The van der Waals surface area contributed by atoms with Crippen molar-refractivity contribution in [3.05, 3.63) is 0 Å². The molecular weight excluding hydrogens is 288 g/mol. The molecule has 124 valence electrons. The molecule has 1 unspecified atom stereocenters. The zero-order valence-electron chi connectivity index (χ0n) is 13.6. The molecule has 0 aromatic heterocycles. The number of amidine groups is 1. The van der Waals surface area contributed by atoms with Gasteiger partial charge in [-0.05, 0) is 26.7 Å². The maximum absolute atomic E-state index is 12.0. The van der Waals surface area contributed by atoms with E-state index in [0.29, 0.717) is 6.61 Å². The van der Waals surface area contributed by atoms with Crippen molar-refractivity contribution in [2.45, 2.75) is 65.3 Å².